The van der Waals surface area contributed by atoms with Gasteiger partial charge in [0.1, 0.15) is 5.75 Å². The number of aromatic nitrogens is 3. The van der Waals surface area contributed by atoms with Gasteiger partial charge in [-0.3, -0.25) is 9.36 Å². The third-order valence-electron chi connectivity index (χ3n) is 5.18. The normalized spacial score (nSPS) is 10.9. The molecule has 0 radical (unpaired) electrons. The molecule has 9 heteroatoms. The minimum absolute atomic E-state index is 0.0942. The van der Waals surface area contributed by atoms with Crippen LogP contribution in [0.1, 0.15) is 17.0 Å². The molecule has 4 aromatic rings. The number of nitrogens with zero attached hydrogens (tertiary/aromatic N) is 4. The number of hydrogen-bond donors (Lipinski definition) is 3. The Morgan fingerprint density at radius 2 is 1.78 bits per heavy atom. The van der Waals surface area contributed by atoms with Crippen LogP contribution in [-0.4, -0.2) is 37.7 Å². The summed E-state index contributed by atoms with van der Waals surface area (Å²) in [6.45, 7) is 4.16. The van der Waals surface area contributed by atoms with Crippen LogP contribution in [0.3, 0.4) is 0 Å². The van der Waals surface area contributed by atoms with Crippen LogP contribution in [0.5, 0.6) is 5.75 Å². The molecule has 0 saturated carbocycles. The number of aromatic hydroxyl groups is 1. The van der Waals surface area contributed by atoms with Crippen LogP contribution in [0.4, 0.5) is 5.69 Å². The van der Waals surface area contributed by atoms with Crippen molar-refractivity contribution in [3.63, 3.8) is 0 Å². The lowest BCUT2D eigenvalue weighted by Crippen LogP contribution is -2.20. The largest absolute Gasteiger partial charge is 0.507 e. The second-order valence-electron chi connectivity index (χ2n) is 7.72. The van der Waals surface area contributed by atoms with Gasteiger partial charge in [0.2, 0.25) is 0 Å². The average molecular weight is 499 g/mol. The summed E-state index contributed by atoms with van der Waals surface area (Å²) in [4.78, 5) is 12.4. The van der Waals surface area contributed by atoms with E-state index in [2.05, 4.69) is 32.6 Å². The van der Waals surface area contributed by atoms with E-state index in [1.165, 1.54) is 18.0 Å². The van der Waals surface area contributed by atoms with Crippen LogP contribution in [0, 0.1) is 0 Å². The molecule has 0 aliphatic rings. The van der Waals surface area contributed by atoms with E-state index in [0.29, 0.717) is 23.7 Å². The zero-order chi connectivity index (χ0) is 25.2. The van der Waals surface area contributed by atoms with Crippen molar-refractivity contribution in [2.75, 3.05) is 11.1 Å². The van der Waals surface area contributed by atoms with Crippen molar-refractivity contribution in [3.8, 4) is 11.4 Å². The van der Waals surface area contributed by atoms with Crippen LogP contribution in [0.15, 0.2) is 102 Å². The fourth-order valence-electron chi connectivity index (χ4n) is 3.45. The molecule has 0 aliphatic carbocycles. The molecule has 1 aromatic heterocycles. The number of phenols is 1. The van der Waals surface area contributed by atoms with E-state index < -0.39 is 0 Å². The van der Waals surface area contributed by atoms with Crippen molar-refractivity contribution < 1.29 is 9.90 Å². The number of hydrazone groups is 1. The van der Waals surface area contributed by atoms with E-state index in [-0.39, 0.29) is 17.4 Å². The Hall–Kier alpha value is -4.37. The van der Waals surface area contributed by atoms with E-state index in [4.69, 9.17) is 0 Å². The Morgan fingerprint density at radius 3 is 2.53 bits per heavy atom. The van der Waals surface area contributed by atoms with Crippen LogP contribution in [0.2, 0.25) is 0 Å². The van der Waals surface area contributed by atoms with Gasteiger partial charge in [-0.2, -0.15) is 5.10 Å². The fourth-order valence-corrected chi connectivity index (χ4v) is 4.22. The summed E-state index contributed by atoms with van der Waals surface area (Å²) in [6.07, 6.45) is 3.68. The van der Waals surface area contributed by atoms with Gasteiger partial charge < -0.3 is 10.4 Å². The molecular formula is C27H26N6O2S. The fraction of sp³-hybridized carbons (Fsp3) is 0.111. The number of para-hydroxylation sites is 3. The summed E-state index contributed by atoms with van der Waals surface area (Å²) in [5, 5.41) is 26.9. The highest BCUT2D eigenvalue weighted by Gasteiger charge is 2.16. The Labute approximate surface area is 213 Å². The van der Waals surface area contributed by atoms with E-state index in [9.17, 15) is 9.90 Å². The molecule has 182 valence electrons. The number of benzene rings is 3. The summed E-state index contributed by atoms with van der Waals surface area (Å²) >= 11 is 1.27. The van der Waals surface area contributed by atoms with Crippen molar-refractivity contribution >= 4 is 29.6 Å². The Kier molecular flexibility index (Phi) is 8.50. The lowest BCUT2D eigenvalue weighted by atomic mass is 10.1. The maximum atomic E-state index is 12.4. The van der Waals surface area contributed by atoms with E-state index in [1.54, 1.807) is 12.1 Å². The molecular weight excluding hydrogens is 472 g/mol. The smallest absolute Gasteiger partial charge is 0.250 e. The first kappa shape index (κ1) is 24.7. The molecule has 3 N–H and O–H groups in total. The number of nitrogens with one attached hydrogen (secondary N) is 2. The van der Waals surface area contributed by atoms with E-state index in [1.807, 2.05) is 77.4 Å². The predicted molar refractivity (Wildman–Crippen MR) is 144 cm³/mol. The molecule has 0 spiro atoms. The van der Waals surface area contributed by atoms with Crippen molar-refractivity contribution in [2.24, 2.45) is 5.10 Å². The van der Waals surface area contributed by atoms with Gasteiger partial charge in [-0.15, -0.1) is 16.8 Å². The lowest BCUT2D eigenvalue weighted by molar-refractivity contribution is -0.118. The minimum Gasteiger partial charge on any atom is -0.507 e. The van der Waals surface area contributed by atoms with Gasteiger partial charge in [0.15, 0.2) is 11.0 Å². The molecule has 0 bridgehead atoms. The van der Waals surface area contributed by atoms with Gasteiger partial charge in [0.25, 0.3) is 5.91 Å². The van der Waals surface area contributed by atoms with Gasteiger partial charge in [-0.1, -0.05) is 66.4 Å². The number of anilines is 1. The van der Waals surface area contributed by atoms with Crippen LogP contribution < -0.4 is 10.7 Å². The number of thioether (sulfide) groups is 1. The van der Waals surface area contributed by atoms with Crippen molar-refractivity contribution in [1.82, 2.24) is 20.2 Å². The zero-order valence-corrected chi connectivity index (χ0v) is 20.4. The number of rotatable bonds is 11. The second-order valence-corrected chi connectivity index (χ2v) is 8.66. The summed E-state index contributed by atoms with van der Waals surface area (Å²) in [5.74, 6) is 0.638. The van der Waals surface area contributed by atoms with Gasteiger partial charge in [-0.25, -0.2) is 5.43 Å². The highest BCUT2D eigenvalue weighted by molar-refractivity contribution is 7.99. The molecule has 0 fully saturated rings. The molecule has 1 amide bonds. The number of carbonyl (C=O) groups excluding carboxylic acids is 1. The monoisotopic (exact) mass is 498 g/mol. The minimum atomic E-state index is -0.301. The molecule has 8 nitrogen and oxygen atoms in total. The number of phenolic OH excluding ortho intramolecular Hbond substituents is 1. The Bertz CT molecular complexity index is 1340. The lowest BCUT2D eigenvalue weighted by Gasteiger charge is -2.11. The third kappa shape index (κ3) is 6.39. The standard InChI is InChI=1S/C27H26N6O2S/c1-2-10-20-11-9-12-21(26(20)35)17-29-31-25(34)19-36-27-32-30-24(18-28-22-13-5-3-6-14-22)33(27)23-15-7-4-8-16-23/h2-9,11-17,28,35H,1,10,18-19H2,(H,31,34)/b29-17+. The van der Waals surface area contributed by atoms with Crippen LogP contribution in [0.25, 0.3) is 5.69 Å². The first-order chi connectivity index (χ1) is 17.7. The topological polar surface area (TPSA) is 104 Å². The first-order valence-electron chi connectivity index (χ1n) is 11.3. The van der Waals surface area contributed by atoms with Gasteiger partial charge >= 0.3 is 0 Å². The highest BCUT2D eigenvalue weighted by Crippen LogP contribution is 2.23. The van der Waals surface area contributed by atoms with Crippen molar-refractivity contribution in [3.05, 3.63) is 108 Å². The van der Waals surface area contributed by atoms with Crippen molar-refractivity contribution in [2.45, 2.75) is 18.1 Å². The Morgan fingerprint density at radius 1 is 1.03 bits per heavy atom. The second kappa shape index (κ2) is 12.4. The van der Waals surface area contributed by atoms with E-state index in [0.717, 1.165) is 22.8 Å². The number of hydrogen-bond acceptors (Lipinski definition) is 7. The van der Waals surface area contributed by atoms with Gasteiger partial charge in [0.05, 0.1) is 18.5 Å². The summed E-state index contributed by atoms with van der Waals surface area (Å²) in [7, 11) is 0. The Balaban J connectivity index is 1.41. The summed E-state index contributed by atoms with van der Waals surface area (Å²) in [5.41, 5.74) is 5.65. The van der Waals surface area contributed by atoms with Gasteiger partial charge in [-0.05, 0) is 42.3 Å². The first-order valence-corrected chi connectivity index (χ1v) is 12.3. The molecule has 0 atom stereocenters. The molecule has 0 aliphatic heterocycles. The maximum absolute atomic E-state index is 12.4. The number of allylic oxidation sites excluding steroid dienone is 1. The molecule has 1 heterocycles. The van der Waals surface area contributed by atoms with Gasteiger partial charge in [0, 0.05) is 16.9 Å². The van der Waals surface area contributed by atoms with Crippen LogP contribution >= 0.6 is 11.8 Å². The summed E-state index contributed by atoms with van der Waals surface area (Å²) in [6, 6.07) is 25.0. The number of carbonyl (C=O) groups is 1. The number of amides is 1. The molecule has 36 heavy (non-hydrogen) atoms. The maximum Gasteiger partial charge on any atom is 0.250 e. The van der Waals surface area contributed by atoms with Crippen LogP contribution in [-0.2, 0) is 17.8 Å². The predicted octanol–water partition coefficient (Wildman–Crippen LogP) is 4.56. The van der Waals surface area contributed by atoms with E-state index >= 15 is 0 Å². The average Bonchev–Trinajstić information content (AvgIpc) is 3.32. The van der Waals surface area contributed by atoms with Crippen molar-refractivity contribution in [1.29, 1.82) is 0 Å². The molecule has 0 saturated heterocycles. The quantitative estimate of drug-likeness (QED) is 0.121. The highest BCUT2D eigenvalue weighted by atomic mass is 32.2. The SMILES string of the molecule is C=CCc1cccc(/C=N/NC(=O)CSc2nnc(CNc3ccccc3)n2-c2ccccc2)c1O. The molecule has 4 rings (SSSR count). The zero-order valence-electron chi connectivity index (χ0n) is 19.5. The summed E-state index contributed by atoms with van der Waals surface area (Å²) < 4.78 is 1.93. The molecule has 0 unspecified atom stereocenters. The third-order valence-corrected chi connectivity index (χ3v) is 6.11. The molecule has 3 aromatic carbocycles.